The van der Waals surface area contributed by atoms with Crippen LogP contribution >= 0.6 is 0 Å². The monoisotopic (exact) mass is 266 g/mol. The first-order valence-electron chi connectivity index (χ1n) is 7.10. The summed E-state index contributed by atoms with van der Waals surface area (Å²) in [5, 5.41) is 9.26. The standard InChI is InChI=1S/C18H18O2/c19-18(20)12-17-15-9-5-4-8-14(15)10-11-16(17)13-6-2-1-3-7-13/h1-9,16-17H,10-12H2,(H,19,20). The molecule has 0 bridgehead atoms. The number of carbonyl (C=O) groups is 1. The molecule has 0 heterocycles. The average molecular weight is 266 g/mol. The summed E-state index contributed by atoms with van der Waals surface area (Å²) >= 11 is 0. The second-order valence-corrected chi connectivity index (χ2v) is 5.46. The van der Waals surface area contributed by atoms with Crippen molar-refractivity contribution in [2.45, 2.75) is 31.1 Å². The number of fused-ring (bicyclic) bond motifs is 1. The van der Waals surface area contributed by atoms with Gasteiger partial charge < -0.3 is 5.11 Å². The van der Waals surface area contributed by atoms with Crippen LogP contribution in [0.3, 0.4) is 0 Å². The van der Waals surface area contributed by atoms with Crippen molar-refractivity contribution in [2.75, 3.05) is 0 Å². The number of benzene rings is 2. The van der Waals surface area contributed by atoms with E-state index in [4.69, 9.17) is 0 Å². The van der Waals surface area contributed by atoms with Crippen LogP contribution in [0, 0.1) is 0 Å². The Kier molecular flexibility index (Phi) is 3.55. The van der Waals surface area contributed by atoms with Gasteiger partial charge in [-0.2, -0.15) is 0 Å². The summed E-state index contributed by atoms with van der Waals surface area (Å²) in [7, 11) is 0. The summed E-state index contributed by atoms with van der Waals surface area (Å²) in [5.41, 5.74) is 3.79. The molecule has 1 aliphatic carbocycles. The average Bonchev–Trinajstić information content (AvgIpc) is 2.48. The molecule has 0 radical (unpaired) electrons. The van der Waals surface area contributed by atoms with Crippen molar-refractivity contribution in [1.82, 2.24) is 0 Å². The zero-order chi connectivity index (χ0) is 13.9. The van der Waals surface area contributed by atoms with Gasteiger partial charge in [-0.3, -0.25) is 4.79 Å². The molecule has 2 heteroatoms. The van der Waals surface area contributed by atoms with Crippen LogP contribution in [0.5, 0.6) is 0 Å². The van der Waals surface area contributed by atoms with Gasteiger partial charge in [0, 0.05) is 5.92 Å². The van der Waals surface area contributed by atoms with Crippen LogP contribution in [0.25, 0.3) is 0 Å². The Labute approximate surface area is 119 Å². The number of hydrogen-bond donors (Lipinski definition) is 1. The lowest BCUT2D eigenvalue weighted by Gasteiger charge is -2.33. The van der Waals surface area contributed by atoms with E-state index in [2.05, 4.69) is 24.3 Å². The van der Waals surface area contributed by atoms with Gasteiger partial charge in [0.25, 0.3) is 0 Å². The minimum Gasteiger partial charge on any atom is -0.481 e. The predicted molar refractivity (Wildman–Crippen MR) is 78.9 cm³/mol. The van der Waals surface area contributed by atoms with E-state index in [0.717, 1.165) is 12.8 Å². The molecule has 2 unspecified atom stereocenters. The number of hydrogen-bond acceptors (Lipinski definition) is 1. The molecule has 0 fully saturated rings. The number of carboxylic acids is 1. The molecule has 102 valence electrons. The Morgan fingerprint density at radius 1 is 1.05 bits per heavy atom. The molecule has 0 spiro atoms. The van der Waals surface area contributed by atoms with Gasteiger partial charge in [-0.15, -0.1) is 0 Å². The van der Waals surface area contributed by atoms with Gasteiger partial charge in [-0.25, -0.2) is 0 Å². The molecule has 0 aliphatic heterocycles. The van der Waals surface area contributed by atoms with E-state index in [1.807, 2.05) is 30.3 Å². The summed E-state index contributed by atoms with van der Waals surface area (Å²) < 4.78 is 0. The molecule has 3 rings (SSSR count). The van der Waals surface area contributed by atoms with Crippen molar-refractivity contribution in [3.05, 3.63) is 71.3 Å². The van der Waals surface area contributed by atoms with Gasteiger partial charge in [-0.05, 0) is 35.4 Å². The summed E-state index contributed by atoms with van der Waals surface area (Å²) in [4.78, 5) is 11.3. The fourth-order valence-corrected chi connectivity index (χ4v) is 3.39. The smallest absolute Gasteiger partial charge is 0.303 e. The third-order valence-corrected chi connectivity index (χ3v) is 4.29. The van der Waals surface area contributed by atoms with Gasteiger partial charge in [0.05, 0.1) is 6.42 Å². The third-order valence-electron chi connectivity index (χ3n) is 4.29. The molecule has 20 heavy (non-hydrogen) atoms. The van der Waals surface area contributed by atoms with Crippen LogP contribution in [0.15, 0.2) is 54.6 Å². The number of aryl methyl sites for hydroxylation is 1. The van der Waals surface area contributed by atoms with Crippen LogP contribution in [-0.4, -0.2) is 11.1 Å². The largest absolute Gasteiger partial charge is 0.481 e. The molecule has 0 saturated heterocycles. The minimum absolute atomic E-state index is 0.0832. The Bertz CT molecular complexity index is 604. The lowest BCUT2D eigenvalue weighted by atomic mass is 9.71. The maximum atomic E-state index is 11.3. The topological polar surface area (TPSA) is 37.3 Å². The maximum absolute atomic E-state index is 11.3. The molecule has 0 aromatic heterocycles. The zero-order valence-corrected chi connectivity index (χ0v) is 11.3. The molecule has 0 saturated carbocycles. The van der Waals surface area contributed by atoms with Crippen molar-refractivity contribution in [3.8, 4) is 0 Å². The highest BCUT2D eigenvalue weighted by Crippen LogP contribution is 2.44. The highest BCUT2D eigenvalue weighted by Gasteiger charge is 2.31. The summed E-state index contributed by atoms with van der Waals surface area (Å²) in [5.74, 6) is -0.324. The van der Waals surface area contributed by atoms with Crippen molar-refractivity contribution < 1.29 is 9.90 Å². The molecule has 2 aromatic rings. The number of aliphatic carboxylic acids is 1. The van der Waals surface area contributed by atoms with E-state index in [-0.39, 0.29) is 12.3 Å². The summed E-state index contributed by atoms with van der Waals surface area (Å²) in [6.07, 6.45) is 2.27. The van der Waals surface area contributed by atoms with Crippen LogP contribution in [0.2, 0.25) is 0 Å². The first-order valence-corrected chi connectivity index (χ1v) is 7.10. The van der Waals surface area contributed by atoms with Crippen molar-refractivity contribution in [1.29, 1.82) is 0 Å². The lowest BCUT2D eigenvalue weighted by molar-refractivity contribution is -0.137. The van der Waals surface area contributed by atoms with E-state index in [1.165, 1.54) is 16.7 Å². The molecule has 0 amide bonds. The van der Waals surface area contributed by atoms with Gasteiger partial charge in [0.2, 0.25) is 0 Å². The fourth-order valence-electron chi connectivity index (χ4n) is 3.39. The van der Waals surface area contributed by atoms with Crippen LogP contribution < -0.4 is 0 Å². The fraction of sp³-hybridized carbons (Fsp3) is 0.278. The molecule has 2 aromatic carbocycles. The van der Waals surface area contributed by atoms with Crippen LogP contribution in [-0.2, 0) is 11.2 Å². The molecule has 1 aliphatic rings. The van der Waals surface area contributed by atoms with Gasteiger partial charge in [-0.1, -0.05) is 54.6 Å². The number of rotatable bonds is 3. The molecule has 2 nitrogen and oxygen atoms in total. The highest BCUT2D eigenvalue weighted by molar-refractivity contribution is 5.68. The van der Waals surface area contributed by atoms with Crippen LogP contribution in [0.4, 0.5) is 0 Å². The normalized spacial score (nSPS) is 21.2. The minimum atomic E-state index is -0.715. The Balaban J connectivity index is 2.01. The van der Waals surface area contributed by atoms with E-state index in [1.54, 1.807) is 0 Å². The molecular formula is C18H18O2. The predicted octanol–water partition coefficient (Wildman–Crippen LogP) is 3.97. The zero-order valence-electron chi connectivity index (χ0n) is 11.3. The summed E-state index contributed by atoms with van der Waals surface area (Å²) in [6.45, 7) is 0. The molecule has 1 N–H and O–H groups in total. The van der Waals surface area contributed by atoms with Gasteiger partial charge in [0.15, 0.2) is 0 Å². The van der Waals surface area contributed by atoms with E-state index >= 15 is 0 Å². The highest BCUT2D eigenvalue weighted by atomic mass is 16.4. The SMILES string of the molecule is O=C(O)CC1c2ccccc2CCC1c1ccccc1. The third kappa shape index (κ3) is 2.46. The first-order chi connectivity index (χ1) is 9.75. The quantitative estimate of drug-likeness (QED) is 0.912. The van der Waals surface area contributed by atoms with Gasteiger partial charge in [0.1, 0.15) is 0 Å². The molecular weight excluding hydrogens is 248 g/mol. The Morgan fingerprint density at radius 3 is 2.50 bits per heavy atom. The maximum Gasteiger partial charge on any atom is 0.303 e. The van der Waals surface area contributed by atoms with E-state index < -0.39 is 5.97 Å². The first kappa shape index (κ1) is 12.9. The van der Waals surface area contributed by atoms with E-state index in [0.29, 0.717) is 5.92 Å². The van der Waals surface area contributed by atoms with Crippen LogP contribution in [0.1, 0.15) is 41.4 Å². The second kappa shape index (κ2) is 5.49. The Hall–Kier alpha value is -2.09. The lowest BCUT2D eigenvalue weighted by Crippen LogP contribution is -2.21. The van der Waals surface area contributed by atoms with Crippen molar-refractivity contribution in [3.63, 3.8) is 0 Å². The number of carboxylic acid groups (broad SMARTS) is 1. The summed E-state index contributed by atoms with van der Waals surface area (Å²) in [6, 6.07) is 18.6. The van der Waals surface area contributed by atoms with Crippen molar-refractivity contribution >= 4 is 5.97 Å². The molecule has 2 atom stereocenters. The second-order valence-electron chi connectivity index (χ2n) is 5.46. The van der Waals surface area contributed by atoms with Gasteiger partial charge >= 0.3 is 5.97 Å². The van der Waals surface area contributed by atoms with Crippen molar-refractivity contribution in [2.24, 2.45) is 0 Å². The Morgan fingerprint density at radius 2 is 1.75 bits per heavy atom. The van der Waals surface area contributed by atoms with E-state index in [9.17, 15) is 9.90 Å².